The molecule has 4 aliphatic carbocycles. The number of aliphatic hydroxyl groups is 1. The monoisotopic (exact) mass is 274 g/mol. The zero-order valence-electron chi connectivity index (χ0n) is 11.1. The van der Waals surface area contributed by atoms with Crippen LogP contribution in [-0.4, -0.2) is 29.7 Å². The maximum atomic E-state index is 12.2. The number of ether oxygens (including phenoxy) is 1. The van der Waals surface area contributed by atoms with Crippen LogP contribution in [0.3, 0.4) is 0 Å². The smallest absolute Gasteiger partial charge is 0.312 e. The highest BCUT2D eigenvalue weighted by Crippen LogP contribution is 2.63. The topological polar surface area (TPSA) is 46.5 Å². The Morgan fingerprint density at radius 3 is 2.42 bits per heavy atom. The van der Waals surface area contributed by atoms with E-state index in [-0.39, 0.29) is 11.8 Å². The second-order valence-electron chi connectivity index (χ2n) is 6.84. The van der Waals surface area contributed by atoms with Crippen molar-refractivity contribution >= 4 is 5.97 Å². The molecule has 19 heavy (non-hydrogen) atoms. The number of carbonyl (C=O) groups excluding carboxylic acids is 1. The first kappa shape index (κ1) is 13.3. The minimum atomic E-state index is -2.61. The Balaban J connectivity index is 1.78. The van der Waals surface area contributed by atoms with E-state index in [1.807, 2.05) is 6.92 Å². The van der Waals surface area contributed by atoms with Crippen LogP contribution in [0, 0.1) is 23.2 Å². The summed E-state index contributed by atoms with van der Waals surface area (Å²) in [5.41, 5.74) is -1.31. The highest BCUT2D eigenvalue weighted by Gasteiger charge is 2.62. The molecule has 4 aliphatic rings. The summed E-state index contributed by atoms with van der Waals surface area (Å²) in [4.78, 5) is 12.2. The molecule has 0 radical (unpaired) electrons. The molecular weight excluding hydrogens is 254 g/mol. The molecule has 3 nitrogen and oxygen atoms in total. The van der Waals surface area contributed by atoms with Gasteiger partial charge in [-0.25, -0.2) is 8.78 Å². The van der Waals surface area contributed by atoms with Crippen LogP contribution in [0.5, 0.6) is 0 Å². The van der Waals surface area contributed by atoms with Crippen LogP contribution in [0.15, 0.2) is 0 Å². The van der Waals surface area contributed by atoms with Gasteiger partial charge in [0.15, 0.2) is 6.61 Å². The zero-order valence-corrected chi connectivity index (χ0v) is 11.1. The minimum absolute atomic E-state index is 0.109. The molecule has 0 spiro atoms. The molecule has 0 amide bonds. The van der Waals surface area contributed by atoms with E-state index >= 15 is 0 Å². The molecule has 0 aromatic rings. The van der Waals surface area contributed by atoms with Gasteiger partial charge >= 0.3 is 5.97 Å². The van der Waals surface area contributed by atoms with Gasteiger partial charge in [0, 0.05) is 0 Å². The molecule has 0 aromatic heterocycles. The summed E-state index contributed by atoms with van der Waals surface area (Å²) in [5, 5.41) is 10.5. The van der Waals surface area contributed by atoms with Gasteiger partial charge in [0.25, 0.3) is 6.43 Å². The fourth-order valence-electron chi connectivity index (χ4n) is 4.75. The van der Waals surface area contributed by atoms with Gasteiger partial charge in [-0.3, -0.25) is 4.79 Å². The Hall–Kier alpha value is -0.710. The van der Waals surface area contributed by atoms with Crippen LogP contribution < -0.4 is 0 Å². The summed E-state index contributed by atoms with van der Waals surface area (Å²) < 4.78 is 29.1. The SMILES string of the molecule is CC1(O)C2CC3CC1CC(C(=O)OCC(F)F)(C3)C2. The molecule has 0 aromatic carbocycles. The van der Waals surface area contributed by atoms with Crippen LogP contribution >= 0.6 is 0 Å². The van der Waals surface area contributed by atoms with Gasteiger partial charge in [-0.1, -0.05) is 0 Å². The van der Waals surface area contributed by atoms with Crippen molar-refractivity contribution in [2.75, 3.05) is 6.61 Å². The van der Waals surface area contributed by atoms with Gasteiger partial charge in [0.05, 0.1) is 11.0 Å². The number of halogens is 2. The van der Waals surface area contributed by atoms with Crippen LogP contribution in [0.25, 0.3) is 0 Å². The molecule has 4 bridgehead atoms. The molecular formula is C14H20F2O3. The van der Waals surface area contributed by atoms with Crippen LogP contribution in [0.4, 0.5) is 8.78 Å². The van der Waals surface area contributed by atoms with Crippen molar-refractivity contribution in [2.24, 2.45) is 23.2 Å². The summed E-state index contributed by atoms with van der Waals surface area (Å²) in [5.74, 6) is 0.190. The standard InChI is InChI=1S/C14H20F2O3/c1-13(18)9-2-8-3-10(13)6-14(4-8,5-9)12(17)19-7-11(15)16/h8-11,18H,2-7H2,1H3. The van der Waals surface area contributed by atoms with Crippen molar-refractivity contribution in [3.05, 3.63) is 0 Å². The molecule has 108 valence electrons. The van der Waals surface area contributed by atoms with Gasteiger partial charge in [0.1, 0.15) is 0 Å². The first-order valence-corrected chi connectivity index (χ1v) is 7.01. The third-order valence-electron chi connectivity index (χ3n) is 5.62. The van der Waals surface area contributed by atoms with E-state index in [2.05, 4.69) is 0 Å². The fourth-order valence-corrected chi connectivity index (χ4v) is 4.75. The summed E-state index contributed by atoms with van der Waals surface area (Å²) in [6.45, 7) is 1.05. The van der Waals surface area contributed by atoms with Gasteiger partial charge in [0.2, 0.25) is 0 Å². The Bertz CT molecular complexity index is 376. The predicted molar refractivity (Wildman–Crippen MR) is 63.6 cm³/mol. The summed E-state index contributed by atoms with van der Waals surface area (Å²) in [7, 11) is 0. The summed E-state index contributed by atoms with van der Waals surface area (Å²) >= 11 is 0. The largest absolute Gasteiger partial charge is 0.459 e. The lowest BCUT2D eigenvalue weighted by Crippen LogP contribution is -2.61. The molecule has 2 atom stereocenters. The third kappa shape index (κ3) is 1.97. The lowest BCUT2D eigenvalue weighted by molar-refractivity contribution is -0.210. The maximum Gasteiger partial charge on any atom is 0.312 e. The van der Waals surface area contributed by atoms with Crippen LogP contribution in [0.1, 0.15) is 39.0 Å². The highest BCUT2D eigenvalue weighted by molar-refractivity contribution is 5.77. The predicted octanol–water partition coefficient (Wildman–Crippen LogP) is 2.37. The average molecular weight is 274 g/mol. The van der Waals surface area contributed by atoms with Gasteiger partial charge in [-0.05, 0) is 56.8 Å². The van der Waals surface area contributed by atoms with E-state index in [4.69, 9.17) is 4.74 Å². The summed E-state index contributed by atoms with van der Waals surface area (Å²) in [6.07, 6.45) is 1.23. The fraction of sp³-hybridized carbons (Fsp3) is 0.929. The Labute approximate surface area is 111 Å². The van der Waals surface area contributed by atoms with E-state index in [0.29, 0.717) is 18.8 Å². The first-order chi connectivity index (χ1) is 8.83. The van der Waals surface area contributed by atoms with Crippen molar-refractivity contribution < 1.29 is 23.4 Å². The number of esters is 1. The first-order valence-electron chi connectivity index (χ1n) is 7.01. The number of hydrogen-bond acceptors (Lipinski definition) is 3. The van der Waals surface area contributed by atoms with Gasteiger partial charge in [-0.15, -0.1) is 0 Å². The van der Waals surface area contributed by atoms with E-state index in [0.717, 1.165) is 19.3 Å². The van der Waals surface area contributed by atoms with E-state index < -0.39 is 30.0 Å². The van der Waals surface area contributed by atoms with Gasteiger partial charge in [-0.2, -0.15) is 0 Å². The molecule has 0 aliphatic heterocycles. The molecule has 4 rings (SSSR count). The second kappa shape index (κ2) is 4.14. The van der Waals surface area contributed by atoms with E-state index in [9.17, 15) is 18.7 Å². The van der Waals surface area contributed by atoms with Crippen LogP contribution in [-0.2, 0) is 9.53 Å². The van der Waals surface area contributed by atoms with Crippen molar-refractivity contribution in [3.8, 4) is 0 Å². The van der Waals surface area contributed by atoms with Gasteiger partial charge < -0.3 is 9.84 Å². The molecule has 0 heterocycles. The Morgan fingerprint density at radius 1 is 1.32 bits per heavy atom. The lowest BCUT2D eigenvalue weighted by Gasteiger charge is -2.61. The number of alkyl halides is 2. The zero-order chi connectivity index (χ0) is 13.8. The molecule has 2 unspecified atom stereocenters. The minimum Gasteiger partial charge on any atom is -0.459 e. The Kier molecular flexibility index (Phi) is 2.89. The molecule has 4 fully saturated rings. The quantitative estimate of drug-likeness (QED) is 0.804. The third-order valence-corrected chi connectivity index (χ3v) is 5.62. The molecule has 0 saturated heterocycles. The maximum absolute atomic E-state index is 12.2. The van der Waals surface area contributed by atoms with Crippen LogP contribution in [0.2, 0.25) is 0 Å². The number of rotatable bonds is 3. The number of hydrogen-bond donors (Lipinski definition) is 1. The summed E-state index contributed by atoms with van der Waals surface area (Å²) in [6, 6.07) is 0. The normalized spacial score (nSPS) is 47.7. The van der Waals surface area contributed by atoms with E-state index in [1.165, 1.54) is 0 Å². The highest BCUT2D eigenvalue weighted by atomic mass is 19.3. The van der Waals surface area contributed by atoms with Crippen molar-refractivity contribution in [2.45, 2.75) is 51.1 Å². The molecule has 5 heteroatoms. The second-order valence-corrected chi connectivity index (χ2v) is 6.84. The Morgan fingerprint density at radius 2 is 1.89 bits per heavy atom. The van der Waals surface area contributed by atoms with E-state index in [1.54, 1.807) is 0 Å². The van der Waals surface area contributed by atoms with Crippen molar-refractivity contribution in [1.82, 2.24) is 0 Å². The lowest BCUT2D eigenvalue weighted by atomic mass is 9.45. The average Bonchev–Trinajstić information content (AvgIpc) is 2.32. The molecule has 1 N–H and O–H groups in total. The number of carbonyl (C=O) groups is 1. The van der Waals surface area contributed by atoms with Crippen molar-refractivity contribution in [1.29, 1.82) is 0 Å². The molecule has 4 saturated carbocycles. The van der Waals surface area contributed by atoms with Crippen molar-refractivity contribution in [3.63, 3.8) is 0 Å².